The summed E-state index contributed by atoms with van der Waals surface area (Å²) in [5.41, 5.74) is 2.15. The van der Waals surface area contributed by atoms with Crippen molar-refractivity contribution in [2.45, 2.75) is 26.2 Å². The van der Waals surface area contributed by atoms with Gasteiger partial charge in [-0.1, -0.05) is 19.3 Å². The summed E-state index contributed by atoms with van der Waals surface area (Å²) in [7, 11) is 0. The molecule has 1 aromatic carbocycles. The molecule has 31 heavy (non-hydrogen) atoms. The van der Waals surface area contributed by atoms with Gasteiger partial charge in [0.2, 0.25) is 5.95 Å². The summed E-state index contributed by atoms with van der Waals surface area (Å²) < 4.78 is 34.5. The van der Waals surface area contributed by atoms with E-state index in [1.165, 1.54) is 18.3 Å². The molecular weight excluding hydrogens is 409 g/mol. The standard InChI is InChI=1S/C23H23F2N4O.Na/c1-2-16-12-27-23(28-13-16)29-8-5-17(6-9-29)15-30-22-20(24)10-19(11-21(22)25)18-4-3-7-26-14-18;/h3-4,10-14,17H,2,5-6,8-9,15H2,1H3;/q-1;+1. The van der Waals surface area contributed by atoms with Crippen molar-refractivity contribution in [3.05, 3.63) is 66.3 Å². The van der Waals surface area contributed by atoms with Crippen LogP contribution in [-0.2, 0) is 6.42 Å². The smallest absolute Gasteiger partial charge is 0.487 e. The minimum atomic E-state index is -0.709. The van der Waals surface area contributed by atoms with Crippen molar-refractivity contribution in [3.8, 4) is 16.9 Å². The van der Waals surface area contributed by atoms with Gasteiger partial charge in [-0.15, -0.1) is 5.56 Å². The maximum absolute atomic E-state index is 14.5. The van der Waals surface area contributed by atoms with Gasteiger partial charge in [-0.25, -0.2) is 18.7 Å². The Morgan fingerprint density at radius 3 is 2.32 bits per heavy atom. The number of halogens is 2. The first-order valence-corrected chi connectivity index (χ1v) is 10.1. The summed E-state index contributed by atoms with van der Waals surface area (Å²) in [5, 5.41) is 0. The van der Waals surface area contributed by atoms with Crippen LogP contribution >= 0.6 is 0 Å². The number of ether oxygens (including phenoxy) is 1. The Hall–Kier alpha value is -2.09. The third kappa shape index (κ3) is 5.79. The Morgan fingerprint density at radius 2 is 1.74 bits per heavy atom. The van der Waals surface area contributed by atoms with E-state index < -0.39 is 11.6 Å². The molecule has 0 aliphatic carbocycles. The molecule has 3 heterocycles. The monoisotopic (exact) mass is 432 g/mol. The molecule has 0 unspecified atom stereocenters. The Morgan fingerprint density at radius 1 is 1.06 bits per heavy atom. The molecule has 1 aliphatic heterocycles. The van der Waals surface area contributed by atoms with E-state index in [9.17, 15) is 8.78 Å². The molecule has 4 rings (SSSR count). The Bertz CT molecular complexity index is 958. The van der Waals surface area contributed by atoms with Gasteiger partial charge in [0.05, 0.1) is 6.61 Å². The summed E-state index contributed by atoms with van der Waals surface area (Å²) in [4.78, 5) is 14.9. The average molecular weight is 432 g/mol. The molecule has 0 N–H and O–H groups in total. The molecule has 0 atom stereocenters. The zero-order chi connectivity index (χ0) is 20.9. The predicted molar refractivity (Wildman–Crippen MR) is 110 cm³/mol. The minimum absolute atomic E-state index is 0. The van der Waals surface area contributed by atoms with Gasteiger partial charge in [0, 0.05) is 25.5 Å². The number of benzene rings is 1. The van der Waals surface area contributed by atoms with Crippen molar-refractivity contribution in [2.24, 2.45) is 5.92 Å². The van der Waals surface area contributed by atoms with E-state index in [1.54, 1.807) is 12.1 Å². The Kier molecular flexibility index (Phi) is 8.35. The zero-order valence-electron chi connectivity index (χ0n) is 17.8. The Balaban J connectivity index is 0.00000272. The number of hydrogen-bond donors (Lipinski definition) is 0. The molecule has 0 spiro atoms. The molecule has 8 heteroatoms. The molecule has 0 bridgehead atoms. The van der Waals surface area contributed by atoms with Crippen molar-refractivity contribution in [1.29, 1.82) is 0 Å². The van der Waals surface area contributed by atoms with Gasteiger partial charge in [0.25, 0.3) is 0 Å². The third-order valence-corrected chi connectivity index (χ3v) is 5.41. The van der Waals surface area contributed by atoms with Crippen LogP contribution in [-0.4, -0.2) is 34.6 Å². The van der Waals surface area contributed by atoms with Crippen molar-refractivity contribution in [2.75, 3.05) is 24.6 Å². The summed E-state index contributed by atoms with van der Waals surface area (Å²) >= 11 is 0. The SMILES string of the molecule is CCc1cnc(N2CCC(COc3c(F)cc(-c4cc[c-]nc4)cc3F)CC2)nc1.[Na+]. The van der Waals surface area contributed by atoms with E-state index in [2.05, 4.69) is 33.0 Å². The van der Waals surface area contributed by atoms with E-state index in [0.717, 1.165) is 43.9 Å². The van der Waals surface area contributed by atoms with Gasteiger partial charge in [-0.3, -0.25) is 0 Å². The minimum Gasteiger partial charge on any atom is -0.487 e. The van der Waals surface area contributed by atoms with Crippen LogP contribution in [0, 0.1) is 23.7 Å². The molecular formula is C23H23F2N4NaO. The maximum atomic E-state index is 14.5. The second-order valence-corrected chi connectivity index (χ2v) is 7.43. The van der Waals surface area contributed by atoms with Gasteiger partial charge in [-0.2, -0.15) is 12.1 Å². The molecule has 0 saturated carbocycles. The maximum Gasteiger partial charge on any atom is 1.00 e. The normalized spacial score (nSPS) is 14.2. The van der Waals surface area contributed by atoms with Gasteiger partial charge in [0.1, 0.15) is 0 Å². The van der Waals surface area contributed by atoms with Crippen LogP contribution in [0.25, 0.3) is 11.1 Å². The van der Waals surface area contributed by atoms with Crippen LogP contribution in [0.4, 0.5) is 14.7 Å². The molecule has 0 amide bonds. The first-order valence-electron chi connectivity index (χ1n) is 10.1. The van der Waals surface area contributed by atoms with E-state index in [-0.39, 0.29) is 47.8 Å². The van der Waals surface area contributed by atoms with Crippen LogP contribution in [0.5, 0.6) is 5.75 Å². The second-order valence-electron chi connectivity index (χ2n) is 7.43. The largest absolute Gasteiger partial charge is 1.00 e. The van der Waals surface area contributed by atoms with Crippen molar-refractivity contribution < 1.29 is 43.1 Å². The number of anilines is 1. The first kappa shape index (κ1) is 23.6. The summed E-state index contributed by atoms with van der Waals surface area (Å²) in [6.07, 6.45) is 10.5. The number of hydrogen-bond acceptors (Lipinski definition) is 5. The molecule has 3 aromatic rings. The number of aryl methyl sites for hydroxylation is 1. The van der Waals surface area contributed by atoms with Crippen molar-refractivity contribution in [3.63, 3.8) is 0 Å². The topological polar surface area (TPSA) is 51.1 Å². The van der Waals surface area contributed by atoms with Crippen LogP contribution in [0.3, 0.4) is 0 Å². The third-order valence-electron chi connectivity index (χ3n) is 5.41. The van der Waals surface area contributed by atoms with E-state index >= 15 is 0 Å². The van der Waals surface area contributed by atoms with E-state index in [4.69, 9.17) is 4.74 Å². The number of pyridine rings is 1. The number of rotatable bonds is 6. The Labute approximate surface area is 203 Å². The molecule has 0 radical (unpaired) electrons. The molecule has 1 aliphatic rings. The zero-order valence-corrected chi connectivity index (χ0v) is 19.8. The van der Waals surface area contributed by atoms with Gasteiger partial charge in [0.15, 0.2) is 17.4 Å². The summed E-state index contributed by atoms with van der Waals surface area (Å²) in [6.45, 7) is 3.93. The number of nitrogens with zero attached hydrogens (tertiary/aromatic N) is 4. The molecule has 2 aromatic heterocycles. The fourth-order valence-electron chi connectivity index (χ4n) is 3.55. The number of aromatic nitrogens is 3. The summed E-state index contributed by atoms with van der Waals surface area (Å²) in [5.74, 6) is -0.787. The molecule has 1 fully saturated rings. The van der Waals surface area contributed by atoms with Crippen LogP contribution in [0.1, 0.15) is 25.3 Å². The molecule has 156 valence electrons. The van der Waals surface area contributed by atoms with E-state index in [0.29, 0.717) is 11.1 Å². The van der Waals surface area contributed by atoms with E-state index in [1.807, 2.05) is 12.4 Å². The fourth-order valence-corrected chi connectivity index (χ4v) is 3.55. The first-order chi connectivity index (χ1) is 14.6. The van der Waals surface area contributed by atoms with Gasteiger partial charge < -0.3 is 14.6 Å². The average Bonchev–Trinajstić information content (AvgIpc) is 2.79. The quantitative estimate of drug-likeness (QED) is 0.436. The van der Waals surface area contributed by atoms with Crippen molar-refractivity contribution in [1.82, 2.24) is 15.0 Å². The van der Waals surface area contributed by atoms with Gasteiger partial charge >= 0.3 is 29.6 Å². The molecule has 1 saturated heterocycles. The van der Waals surface area contributed by atoms with Crippen molar-refractivity contribution >= 4 is 5.95 Å². The second kappa shape index (κ2) is 11.0. The fraction of sp³-hybridized carbons (Fsp3) is 0.348. The van der Waals surface area contributed by atoms with Crippen LogP contribution in [0.2, 0.25) is 0 Å². The van der Waals surface area contributed by atoms with Gasteiger partial charge in [-0.05, 0) is 48.4 Å². The van der Waals surface area contributed by atoms with Crippen LogP contribution < -0.4 is 39.2 Å². The summed E-state index contributed by atoms with van der Waals surface area (Å²) in [6, 6.07) is 5.85. The molecule has 5 nitrogen and oxygen atoms in total. The van der Waals surface area contributed by atoms with Crippen LogP contribution in [0.15, 0.2) is 42.9 Å². The number of piperidine rings is 1. The predicted octanol–water partition coefficient (Wildman–Crippen LogP) is 1.48.